The molecule has 0 saturated heterocycles. The summed E-state index contributed by atoms with van der Waals surface area (Å²) < 4.78 is 0.674. The highest BCUT2D eigenvalue weighted by molar-refractivity contribution is 9.10. The first kappa shape index (κ1) is 15.6. The molecule has 0 aromatic heterocycles. The van der Waals surface area contributed by atoms with Gasteiger partial charge in [0.25, 0.3) is 5.91 Å². The maximum Gasteiger partial charge on any atom is 0.255 e. The zero-order chi connectivity index (χ0) is 15.2. The van der Waals surface area contributed by atoms with Crippen LogP contribution >= 0.6 is 15.9 Å². The standard InChI is InChI=1S/C17H19BrN2O/c1-2-20(12-11-13-7-4-3-5-8-13)17(21)14-9-6-10-15(19)16(14)18/h3-10H,2,11-12,19H2,1H3. The summed E-state index contributed by atoms with van der Waals surface area (Å²) in [6, 6.07) is 15.6. The zero-order valence-electron chi connectivity index (χ0n) is 12.1. The molecule has 110 valence electrons. The molecule has 2 aromatic carbocycles. The third-order valence-electron chi connectivity index (χ3n) is 3.44. The van der Waals surface area contributed by atoms with Crippen LogP contribution in [0.5, 0.6) is 0 Å². The topological polar surface area (TPSA) is 46.3 Å². The number of carbonyl (C=O) groups is 1. The molecule has 0 heterocycles. The average molecular weight is 347 g/mol. The lowest BCUT2D eigenvalue weighted by molar-refractivity contribution is 0.0765. The van der Waals surface area contributed by atoms with Gasteiger partial charge in [-0.15, -0.1) is 0 Å². The fourth-order valence-electron chi connectivity index (χ4n) is 2.20. The Kier molecular flexibility index (Phi) is 5.39. The number of halogens is 1. The second-order valence-electron chi connectivity index (χ2n) is 4.83. The van der Waals surface area contributed by atoms with E-state index in [4.69, 9.17) is 5.73 Å². The molecule has 0 radical (unpaired) electrons. The highest BCUT2D eigenvalue weighted by Crippen LogP contribution is 2.25. The third-order valence-corrected chi connectivity index (χ3v) is 4.33. The average Bonchev–Trinajstić information content (AvgIpc) is 2.51. The normalized spacial score (nSPS) is 10.4. The van der Waals surface area contributed by atoms with E-state index < -0.39 is 0 Å². The molecule has 4 heteroatoms. The van der Waals surface area contributed by atoms with Gasteiger partial charge in [0.15, 0.2) is 0 Å². The van der Waals surface area contributed by atoms with E-state index in [2.05, 4.69) is 28.1 Å². The van der Waals surface area contributed by atoms with Crippen LogP contribution in [0.4, 0.5) is 5.69 Å². The quantitative estimate of drug-likeness (QED) is 0.838. The first-order valence-corrected chi connectivity index (χ1v) is 7.80. The molecule has 2 N–H and O–H groups in total. The van der Waals surface area contributed by atoms with Crippen LogP contribution in [0.15, 0.2) is 53.0 Å². The molecule has 0 bridgehead atoms. The largest absolute Gasteiger partial charge is 0.398 e. The van der Waals surface area contributed by atoms with Crippen LogP contribution in [0, 0.1) is 0 Å². The number of benzene rings is 2. The number of amides is 1. The number of anilines is 1. The van der Waals surface area contributed by atoms with Crippen molar-refractivity contribution in [2.24, 2.45) is 0 Å². The molecule has 1 amide bonds. The van der Waals surface area contributed by atoms with Crippen LogP contribution in [0.25, 0.3) is 0 Å². The van der Waals surface area contributed by atoms with Gasteiger partial charge in [-0.05, 0) is 47.0 Å². The van der Waals surface area contributed by atoms with Gasteiger partial charge in [0.05, 0.1) is 10.0 Å². The Morgan fingerprint density at radius 1 is 1.14 bits per heavy atom. The van der Waals surface area contributed by atoms with Gasteiger partial charge in [0.2, 0.25) is 0 Å². The Balaban J connectivity index is 2.10. The van der Waals surface area contributed by atoms with Gasteiger partial charge >= 0.3 is 0 Å². The Labute approximate surface area is 133 Å². The highest BCUT2D eigenvalue weighted by Gasteiger charge is 2.17. The summed E-state index contributed by atoms with van der Waals surface area (Å²) in [4.78, 5) is 14.5. The fourth-order valence-corrected chi connectivity index (χ4v) is 2.63. The molecule has 0 atom stereocenters. The lowest BCUT2D eigenvalue weighted by atomic mass is 10.1. The number of rotatable bonds is 5. The molecular weight excluding hydrogens is 328 g/mol. The van der Waals surface area contributed by atoms with Crippen LogP contribution in [-0.4, -0.2) is 23.9 Å². The van der Waals surface area contributed by atoms with Crippen molar-refractivity contribution in [2.45, 2.75) is 13.3 Å². The minimum atomic E-state index is 0.00704. The van der Waals surface area contributed by atoms with E-state index in [1.54, 1.807) is 18.2 Å². The highest BCUT2D eigenvalue weighted by atomic mass is 79.9. The summed E-state index contributed by atoms with van der Waals surface area (Å²) >= 11 is 3.40. The first-order chi connectivity index (χ1) is 10.1. The summed E-state index contributed by atoms with van der Waals surface area (Å²) in [6.45, 7) is 3.36. The van der Waals surface area contributed by atoms with E-state index in [0.29, 0.717) is 28.8 Å². The van der Waals surface area contributed by atoms with Gasteiger partial charge in [-0.3, -0.25) is 4.79 Å². The van der Waals surface area contributed by atoms with Gasteiger partial charge in [-0.2, -0.15) is 0 Å². The van der Waals surface area contributed by atoms with Crippen LogP contribution in [0.3, 0.4) is 0 Å². The van der Waals surface area contributed by atoms with Crippen LogP contribution < -0.4 is 5.73 Å². The molecular formula is C17H19BrN2O. The van der Waals surface area contributed by atoms with E-state index in [-0.39, 0.29) is 5.91 Å². The number of carbonyl (C=O) groups excluding carboxylic acids is 1. The zero-order valence-corrected chi connectivity index (χ0v) is 13.6. The number of hydrogen-bond donors (Lipinski definition) is 1. The smallest absolute Gasteiger partial charge is 0.255 e. The molecule has 0 aliphatic carbocycles. The van der Waals surface area contributed by atoms with Gasteiger partial charge in [0, 0.05) is 18.8 Å². The van der Waals surface area contributed by atoms with E-state index in [0.717, 1.165) is 6.42 Å². The minimum Gasteiger partial charge on any atom is -0.398 e. The predicted molar refractivity (Wildman–Crippen MR) is 90.3 cm³/mol. The molecule has 0 saturated carbocycles. The predicted octanol–water partition coefficient (Wildman–Crippen LogP) is 3.74. The molecule has 0 aliphatic rings. The van der Waals surface area contributed by atoms with Crippen LogP contribution in [-0.2, 0) is 6.42 Å². The van der Waals surface area contributed by atoms with Crippen molar-refractivity contribution in [1.82, 2.24) is 4.90 Å². The molecule has 0 unspecified atom stereocenters. The molecule has 2 rings (SSSR count). The van der Waals surface area contributed by atoms with Gasteiger partial charge < -0.3 is 10.6 Å². The molecule has 3 nitrogen and oxygen atoms in total. The molecule has 21 heavy (non-hydrogen) atoms. The maximum absolute atomic E-state index is 12.6. The summed E-state index contributed by atoms with van der Waals surface area (Å²) in [5, 5.41) is 0. The number of nitrogens with two attached hydrogens (primary N) is 1. The van der Waals surface area contributed by atoms with Crippen molar-refractivity contribution in [3.05, 3.63) is 64.1 Å². The first-order valence-electron chi connectivity index (χ1n) is 7.00. The van der Waals surface area contributed by atoms with E-state index in [1.807, 2.05) is 30.0 Å². The van der Waals surface area contributed by atoms with Crippen molar-refractivity contribution >= 4 is 27.5 Å². The monoisotopic (exact) mass is 346 g/mol. The molecule has 0 fully saturated rings. The lowest BCUT2D eigenvalue weighted by Gasteiger charge is -2.22. The Bertz CT molecular complexity index is 613. The van der Waals surface area contributed by atoms with Gasteiger partial charge in [-0.1, -0.05) is 36.4 Å². The Morgan fingerprint density at radius 3 is 2.52 bits per heavy atom. The fraction of sp³-hybridized carbons (Fsp3) is 0.235. The molecule has 2 aromatic rings. The van der Waals surface area contributed by atoms with E-state index >= 15 is 0 Å². The van der Waals surface area contributed by atoms with E-state index in [9.17, 15) is 4.79 Å². The van der Waals surface area contributed by atoms with Crippen molar-refractivity contribution < 1.29 is 4.79 Å². The Morgan fingerprint density at radius 2 is 1.86 bits per heavy atom. The van der Waals surface area contributed by atoms with Crippen molar-refractivity contribution in [3.8, 4) is 0 Å². The van der Waals surface area contributed by atoms with Crippen LogP contribution in [0.1, 0.15) is 22.8 Å². The molecule has 0 aliphatic heterocycles. The minimum absolute atomic E-state index is 0.00704. The van der Waals surface area contributed by atoms with Crippen molar-refractivity contribution in [3.63, 3.8) is 0 Å². The van der Waals surface area contributed by atoms with E-state index in [1.165, 1.54) is 5.56 Å². The number of nitrogen functional groups attached to an aromatic ring is 1. The number of hydrogen-bond acceptors (Lipinski definition) is 2. The number of likely N-dealkylation sites (N-methyl/N-ethyl adjacent to an activating group) is 1. The summed E-state index contributed by atoms with van der Waals surface area (Å²) in [5.41, 5.74) is 8.28. The SMILES string of the molecule is CCN(CCc1ccccc1)C(=O)c1cccc(N)c1Br. The Hall–Kier alpha value is -1.81. The summed E-state index contributed by atoms with van der Waals surface area (Å²) in [6.07, 6.45) is 0.848. The number of nitrogens with zero attached hydrogens (tertiary/aromatic N) is 1. The maximum atomic E-state index is 12.6. The third kappa shape index (κ3) is 3.85. The summed E-state index contributed by atoms with van der Waals surface area (Å²) in [7, 11) is 0. The van der Waals surface area contributed by atoms with Gasteiger partial charge in [0.1, 0.15) is 0 Å². The van der Waals surface area contributed by atoms with Gasteiger partial charge in [-0.25, -0.2) is 0 Å². The van der Waals surface area contributed by atoms with Crippen molar-refractivity contribution in [1.29, 1.82) is 0 Å². The summed E-state index contributed by atoms with van der Waals surface area (Å²) in [5.74, 6) is 0.00704. The lowest BCUT2D eigenvalue weighted by Crippen LogP contribution is -2.33. The van der Waals surface area contributed by atoms with Crippen molar-refractivity contribution in [2.75, 3.05) is 18.8 Å². The molecule has 0 spiro atoms. The second kappa shape index (κ2) is 7.27. The second-order valence-corrected chi connectivity index (χ2v) is 5.62. The van der Waals surface area contributed by atoms with Crippen LogP contribution in [0.2, 0.25) is 0 Å².